The Bertz CT molecular complexity index is 1400. The van der Waals surface area contributed by atoms with Gasteiger partial charge in [0.25, 0.3) is 0 Å². The van der Waals surface area contributed by atoms with Gasteiger partial charge < -0.3 is 30.8 Å². The average molecular weight is 700 g/mol. The number of unbranched alkanes of at least 4 members (excludes halogenated alkanes) is 1. The van der Waals surface area contributed by atoms with Crippen LogP contribution in [0.4, 0.5) is 0 Å². The third-order valence-corrected chi connectivity index (χ3v) is 16.7. The number of aromatic nitrogens is 1. The van der Waals surface area contributed by atoms with Crippen molar-refractivity contribution < 1.29 is 24.1 Å². The molecule has 5 N–H and O–H groups in total. The topological polar surface area (TPSA) is 130 Å². The van der Waals surface area contributed by atoms with Crippen molar-refractivity contribution in [2.75, 3.05) is 26.9 Å². The van der Waals surface area contributed by atoms with E-state index in [2.05, 4.69) is 59.9 Å². The second kappa shape index (κ2) is 13.6. The Balaban J connectivity index is 1.28. The van der Waals surface area contributed by atoms with E-state index in [4.69, 9.17) is 30.7 Å². The monoisotopic (exact) mass is 699 g/mol. The molecule has 1 saturated heterocycles. The van der Waals surface area contributed by atoms with Crippen LogP contribution in [0.1, 0.15) is 123 Å². The van der Waals surface area contributed by atoms with Crippen molar-refractivity contribution in [3.05, 3.63) is 27.7 Å². The molecule has 12 atom stereocenters. The summed E-state index contributed by atoms with van der Waals surface area (Å²) >= 11 is 1.62. The minimum Gasteiger partial charge on any atom is -0.481 e. The van der Waals surface area contributed by atoms with E-state index in [1.807, 2.05) is 7.11 Å². The average Bonchev–Trinajstić information content (AvgIpc) is 3.53. The van der Waals surface area contributed by atoms with Crippen LogP contribution in [-0.2, 0) is 25.6 Å². The van der Waals surface area contributed by atoms with Gasteiger partial charge in [-0.1, -0.05) is 66.5 Å². The molecule has 2 bridgehead atoms. The van der Waals surface area contributed by atoms with Crippen LogP contribution in [-0.4, -0.2) is 55.1 Å². The van der Waals surface area contributed by atoms with Gasteiger partial charge in [-0.25, -0.2) is 4.98 Å². The molecular weight excluding hydrogens is 635 g/mol. The van der Waals surface area contributed by atoms with E-state index in [-0.39, 0.29) is 51.2 Å². The highest BCUT2D eigenvalue weighted by atomic mass is 32.1. The Morgan fingerprint density at radius 1 is 1.12 bits per heavy atom. The minimum atomic E-state index is -0.612. The van der Waals surface area contributed by atoms with E-state index >= 15 is 0 Å². The molecule has 0 radical (unpaired) electrons. The van der Waals surface area contributed by atoms with Crippen LogP contribution in [0.3, 0.4) is 0 Å². The molecule has 0 aromatic carbocycles. The summed E-state index contributed by atoms with van der Waals surface area (Å²) in [6, 6.07) is -0.0680. The Kier molecular flexibility index (Phi) is 10.4. The molecular formula is C40H65N3O5S. The van der Waals surface area contributed by atoms with Crippen LogP contribution in [0, 0.1) is 56.7 Å². The molecule has 0 spiro atoms. The number of carboxylic acid groups (broad SMARTS) is 1. The first-order valence-electron chi connectivity index (χ1n) is 19.2. The molecule has 0 unspecified atom stereocenters. The van der Waals surface area contributed by atoms with Crippen molar-refractivity contribution in [3.63, 3.8) is 0 Å². The maximum Gasteiger partial charge on any atom is 0.307 e. The lowest BCUT2D eigenvalue weighted by molar-refractivity contribution is -0.269. The number of thiazole rings is 1. The number of nitrogens with two attached hydrogens (primary N) is 2. The van der Waals surface area contributed by atoms with Crippen LogP contribution in [0.2, 0.25) is 0 Å². The second-order valence-electron chi connectivity index (χ2n) is 18.1. The zero-order chi connectivity index (χ0) is 35.6. The van der Waals surface area contributed by atoms with Gasteiger partial charge in [0.2, 0.25) is 0 Å². The van der Waals surface area contributed by atoms with Gasteiger partial charge in [0.15, 0.2) is 0 Å². The summed E-state index contributed by atoms with van der Waals surface area (Å²) in [6.45, 7) is 18.7. The Hall–Kier alpha value is -1.36. The number of aliphatic carboxylic acids is 1. The van der Waals surface area contributed by atoms with Gasteiger partial charge in [-0.05, 0) is 97.8 Å². The third-order valence-electron chi connectivity index (χ3n) is 15.6. The predicted molar refractivity (Wildman–Crippen MR) is 195 cm³/mol. The van der Waals surface area contributed by atoms with Gasteiger partial charge in [-0.3, -0.25) is 4.79 Å². The molecule has 5 aliphatic rings. The van der Waals surface area contributed by atoms with Gasteiger partial charge in [-0.15, -0.1) is 11.3 Å². The number of fused-ring (bicyclic) bond motifs is 3. The van der Waals surface area contributed by atoms with Crippen molar-refractivity contribution in [2.24, 2.45) is 68.1 Å². The van der Waals surface area contributed by atoms with Crippen LogP contribution in [0.25, 0.3) is 0 Å². The van der Waals surface area contributed by atoms with Crippen LogP contribution >= 0.6 is 11.3 Å². The zero-order valence-electron chi connectivity index (χ0n) is 31.6. The molecule has 1 aromatic rings. The number of carbonyl (C=O) groups is 1. The Labute approximate surface area is 299 Å². The Morgan fingerprint density at radius 2 is 1.88 bits per heavy atom. The fourth-order valence-corrected chi connectivity index (χ4v) is 13.3. The van der Waals surface area contributed by atoms with Gasteiger partial charge in [0, 0.05) is 23.3 Å². The smallest absolute Gasteiger partial charge is 0.307 e. The lowest BCUT2D eigenvalue weighted by atomic mass is 9.34. The molecule has 3 saturated carbocycles. The predicted octanol–water partition coefficient (Wildman–Crippen LogP) is 7.76. The van der Waals surface area contributed by atoms with Crippen molar-refractivity contribution in [1.82, 2.24) is 4.98 Å². The first-order valence-corrected chi connectivity index (χ1v) is 20.1. The van der Waals surface area contributed by atoms with E-state index in [0.717, 1.165) is 68.5 Å². The minimum absolute atomic E-state index is 0.0680. The van der Waals surface area contributed by atoms with E-state index in [0.29, 0.717) is 50.0 Å². The second-order valence-corrected chi connectivity index (χ2v) is 19.0. The van der Waals surface area contributed by atoms with Crippen LogP contribution in [0.5, 0.6) is 0 Å². The Morgan fingerprint density at radius 3 is 2.55 bits per heavy atom. The largest absolute Gasteiger partial charge is 0.481 e. The molecule has 1 aromatic heterocycles. The molecule has 4 aliphatic carbocycles. The van der Waals surface area contributed by atoms with Crippen molar-refractivity contribution in [3.8, 4) is 0 Å². The summed E-state index contributed by atoms with van der Waals surface area (Å²) in [5.74, 6) is 0.511. The van der Waals surface area contributed by atoms with Crippen LogP contribution < -0.4 is 11.5 Å². The normalized spacial score (nSPS) is 42.8. The molecule has 2 heterocycles. The zero-order valence-corrected chi connectivity index (χ0v) is 32.4. The van der Waals surface area contributed by atoms with E-state index in [1.54, 1.807) is 11.3 Å². The molecule has 9 heteroatoms. The van der Waals surface area contributed by atoms with E-state index in [1.165, 1.54) is 5.57 Å². The summed E-state index contributed by atoms with van der Waals surface area (Å²) in [5, 5.41) is 14.0. The summed E-state index contributed by atoms with van der Waals surface area (Å²) < 4.78 is 19.9. The molecule has 0 amide bonds. The number of rotatable bonds is 12. The number of carboxylic acids is 1. The van der Waals surface area contributed by atoms with E-state index in [9.17, 15) is 9.90 Å². The number of hydrogen-bond acceptors (Lipinski definition) is 8. The highest BCUT2D eigenvalue weighted by Gasteiger charge is 2.71. The molecule has 49 heavy (non-hydrogen) atoms. The maximum atomic E-state index is 13.4. The number of hydrogen-bond donors (Lipinski definition) is 3. The summed E-state index contributed by atoms with van der Waals surface area (Å²) in [5.41, 5.74) is 13.6. The third kappa shape index (κ3) is 5.70. The van der Waals surface area contributed by atoms with Gasteiger partial charge >= 0.3 is 5.97 Å². The maximum absolute atomic E-state index is 13.4. The fourth-order valence-electron chi connectivity index (χ4n) is 12.4. The number of ether oxygens (including phenoxy) is 3. The number of methoxy groups -OCH3 is 1. The van der Waals surface area contributed by atoms with Crippen molar-refractivity contribution in [1.29, 1.82) is 0 Å². The highest BCUT2D eigenvalue weighted by molar-refractivity contribution is 7.09. The molecule has 1 aliphatic heterocycles. The number of allylic oxidation sites excluding steroid dienone is 1. The van der Waals surface area contributed by atoms with Crippen molar-refractivity contribution >= 4 is 17.3 Å². The first-order chi connectivity index (χ1) is 23.1. The summed E-state index contributed by atoms with van der Waals surface area (Å²) in [7, 11) is 1.84. The van der Waals surface area contributed by atoms with Gasteiger partial charge in [-0.2, -0.15) is 0 Å². The highest BCUT2D eigenvalue weighted by Crippen LogP contribution is 2.75. The van der Waals surface area contributed by atoms with E-state index < -0.39 is 5.97 Å². The lowest BCUT2D eigenvalue weighted by Crippen LogP contribution is -2.70. The number of nitrogens with zero attached hydrogens (tertiary/aromatic N) is 1. The fraction of sp³-hybridized carbons (Fsp3) is 0.850. The van der Waals surface area contributed by atoms with Crippen LogP contribution in [0.15, 0.2) is 17.0 Å². The van der Waals surface area contributed by atoms with Crippen molar-refractivity contribution in [2.45, 2.75) is 131 Å². The molecule has 8 nitrogen and oxygen atoms in total. The van der Waals surface area contributed by atoms with Gasteiger partial charge in [0.1, 0.15) is 5.01 Å². The quantitative estimate of drug-likeness (QED) is 0.149. The first kappa shape index (κ1) is 37.4. The summed E-state index contributed by atoms with van der Waals surface area (Å²) in [6.07, 6.45) is 11.1. The lowest BCUT2D eigenvalue weighted by Gasteiger charge is -2.71. The van der Waals surface area contributed by atoms with Gasteiger partial charge in [0.05, 0.1) is 49.7 Å². The molecule has 6 rings (SSSR count). The summed E-state index contributed by atoms with van der Waals surface area (Å²) in [4.78, 5) is 18.3. The molecule has 4 fully saturated rings. The SMILES string of the molecule is CO[C@@H]1C[C@@]23COC[C@](C)([C@@H]2CC[C@H]2C3=CC[C@@]3(C)[C@H](C(=O)O)[C@@](C)([C@H](C)C(C)C)CC[C@]23C)[C@H]1OCc1csc([C@@H](N)CCCCN)n1. The standard InChI is InChI=1S/C40H65N3O5S/c1-24(2)25(3)36(4)16-17-38(6)27-12-13-31-37(5)22-47-23-40(31,28(27)14-15-39(38,7)32(36)35(44)45)19-30(46-8)33(37)48-20-26-21-49-34(43-26)29(42)11-9-10-18-41/h14,21,24-25,27,29-33H,9-13,15-20,22-23,41-42H2,1-8H3,(H,44,45)/t25-,27+,29+,30-,31+,32-,33+,36-,37-,38-,39+,40+/m1/s1. The molecule has 276 valence electrons.